The van der Waals surface area contributed by atoms with Crippen LogP contribution in [-0.4, -0.2) is 50.8 Å². The highest BCUT2D eigenvalue weighted by molar-refractivity contribution is 7.45. The molecule has 0 saturated carbocycles. The molecule has 8 heteroatoms. The van der Waals surface area contributed by atoms with Crippen LogP contribution in [0.4, 0.5) is 0 Å². The molecule has 0 bridgehead atoms. The molecule has 0 fully saturated rings. The lowest BCUT2D eigenvalue weighted by atomic mass is 10.4. The third kappa shape index (κ3) is 29.8. The van der Waals surface area contributed by atoms with Gasteiger partial charge in [0.15, 0.2) is 0 Å². The van der Waals surface area contributed by atoms with Gasteiger partial charge in [0.05, 0.1) is 19.8 Å². The van der Waals surface area contributed by atoms with Crippen LogP contribution in [0.2, 0.25) is 0 Å². The fraction of sp³-hybridized carbons (Fsp3) is 0.667. The van der Waals surface area contributed by atoms with Gasteiger partial charge in [0.1, 0.15) is 6.10 Å². The first-order valence-electron chi connectivity index (χ1n) is 3.57. The van der Waals surface area contributed by atoms with Crippen molar-refractivity contribution in [2.24, 2.45) is 0 Å². The fourth-order valence-electron chi connectivity index (χ4n) is 0.340. The van der Waals surface area contributed by atoms with Crippen molar-refractivity contribution < 1.29 is 34.2 Å². The van der Waals surface area contributed by atoms with Gasteiger partial charge in [-0.1, -0.05) is 6.08 Å². The minimum Gasteiger partial charge on any atom is -0.394 e. The fourth-order valence-corrected chi connectivity index (χ4v) is 0.340. The summed E-state index contributed by atoms with van der Waals surface area (Å²) in [5, 5.41) is 17.0. The van der Waals surface area contributed by atoms with Gasteiger partial charge in [-0.05, 0) is 0 Å². The van der Waals surface area contributed by atoms with Gasteiger partial charge in [-0.2, -0.15) is 0 Å². The van der Waals surface area contributed by atoms with Crippen LogP contribution in [0.1, 0.15) is 0 Å². The Bertz CT molecular complexity index is 169. The van der Waals surface area contributed by atoms with Crippen LogP contribution in [0.25, 0.3) is 0 Å². The van der Waals surface area contributed by atoms with Gasteiger partial charge in [0.25, 0.3) is 0 Å². The first kappa shape index (κ1) is 16.2. The van der Waals surface area contributed by atoms with Gasteiger partial charge < -0.3 is 29.6 Å². The van der Waals surface area contributed by atoms with E-state index in [9.17, 15) is 0 Å². The third-order valence-electron chi connectivity index (χ3n) is 0.757. The van der Waals surface area contributed by atoms with E-state index in [1.807, 2.05) is 0 Å². The number of aliphatic hydroxyl groups excluding tert-OH is 2. The van der Waals surface area contributed by atoms with E-state index in [0.717, 1.165) is 0 Å². The Balaban J connectivity index is 0. The Morgan fingerprint density at radius 3 is 2.14 bits per heavy atom. The molecule has 0 spiro atoms. The molecule has 0 aliphatic heterocycles. The van der Waals surface area contributed by atoms with E-state index in [1.54, 1.807) is 6.08 Å². The van der Waals surface area contributed by atoms with Crippen LogP contribution < -0.4 is 0 Å². The molecule has 0 saturated heterocycles. The highest BCUT2D eigenvalue weighted by Crippen LogP contribution is 2.25. The van der Waals surface area contributed by atoms with E-state index in [4.69, 9.17) is 34.2 Å². The van der Waals surface area contributed by atoms with Crippen molar-refractivity contribution in [3.8, 4) is 0 Å². The second kappa shape index (κ2) is 9.29. The maximum absolute atomic E-state index is 8.88. The minimum absolute atomic E-state index is 0.169. The van der Waals surface area contributed by atoms with Crippen LogP contribution in [0.5, 0.6) is 0 Å². The number of ether oxygens (including phenoxy) is 1. The third-order valence-corrected chi connectivity index (χ3v) is 0.757. The van der Waals surface area contributed by atoms with E-state index in [2.05, 4.69) is 6.58 Å². The molecule has 0 heterocycles. The summed E-state index contributed by atoms with van der Waals surface area (Å²) in [6.45, 7) is 3.74. The summed E-state index contributed by atoms with van der Waals surface area (Å²) in [7, 11) is -4.64. The number of rotatable bonds is 5. The monoisotopic (exact) mass is 230 g/mol. The molecule has 0 rings (SSSR count). The van der Waals surface area contributed by atoms with Crippen molar-refractivity contribution >= 4 is 7.82 Å². The van der Waals surface area contributed by atoms with Crippen LogP contribution in [0.15, 0.2) is 12.7 Å². The maximum Gasteiger partial charge on any atom is 0.466 e. The molecular weight excluding hydrogens is 215 g/mol. The van der Waals surface area contributed by atoms with E-state index in [-0.39, 0.29) is 13.2 Å². The van der Waals surface area contributed by atoms with Gasteiger partial charge in [-0.3, -0.25) is 0 Å². The Labute approximate surface area is 81.5 Å². The van der Waals surface area contributed by atoms with Gasteiger partial charge in [0.2, 0.25) is 0 Å². The summed E-state index contributed by atoms with van der Waals surface area (Å²) >= 11 is 0. The zero-order chi connectivity index (χ0) is 11.6. The summed E-state index contributed by atoms with van der Waals surface area (Å²) in [4.78, 5) is 21.6. The minimum atomic E-state index is -4.64. The van der Waals surface area contributed by atoms with Gasteiger partial charge in [0, 0.05) is 0 Å². The Morgan fingerprint density at radius 1 is 1.43 bits per heavy atom. The predicted molar refractivity (Wildman–Crippen MR) is 48.4 cm³/mol. The summed E-state index contributed by atoms with van der Waals surface area (Å²) in [5.74, 6) is 0. The standard InChI is InChI=1S/C6H12O3.H3O4P/c1-2-3-9-5-6(8)4-7;1-5(2,3)4/h2,6-8H,1,3-5H2;(H3,1,2,3,4). The Kier molecular flexibility index (Phi) is 10.7. The zero-order valence-corrected chi connectivity index (χ0v) is 8.38. The molecule has 5 N–H and O–H groups in total. The van der Waals surface area contributed by atoms with E-state index in [0.29, 0.717) is 6.61 Å². The molecule has 1 atom stereocenters. The summed E-state index contributed by atoms with van der Waals surface area (Å²) in [6, 6.07) is 0. The second-order valence-corrected chi connectivity index (χ2v) is 3.20. The largest absolute Gasteiger partial charge is 0.466 e. The first-order valence-corrected chi connectivity index (χ1v) is 5.13. The molecule has 0 aliphatic rings. The van der Waals surface area contributed by atoms with Crippen molar-refractivity contribution in [2.75, 3.05) is 19.8 Å². The van der Waals surface area contributed by atoms with Crippen molar-refractivity contribution in [2.45, 2.75) is 6.10 Å². The molecule has 0 aromatic heterocycles. The lowest BCUT2D eigenvalue weighted by molar-refractivity contribution is 0.0150. The quantitative estimate of drug-likeness (QED) is 0.223. The van der Waals surface area contributed by atoms with Gasteiger partial charge >= 0.3 is 7.82 Å². The predicted octanol–water partition coefficient (Wildman–Crippen LogP) is -1.39. The van der Waals surface area contributed by atoms with E-state index >= 15 is 0 Å². The highest BCUT2D eigenvalue weighted by atomic mass is 31.2. The smallest absolute Gasteiger partial charge is 0.394 e. The average molecular weight is 230 g/mol. The van der Waals surface area contributed by atoms with Crippen LogP contribution in [0.3, 0.4) is 0 Å². The summed E-state index contributed by atoms with van der Waals surface area (Å²) in [6.07, 6.45) is 0.828. The van der Waals surface area contributed by atoms with Crippen molar-refractivity contribution in [1.82, 2.24) is 0 Å². The van der Waals surface area contributed by atoms with E-state index in [1.165, 1.54) is 0 Å². The van der Waals surface area contributed by atoms with Gasteiger partial charge in [-0.15, -0.1) is 6.58 Å². The first-order chi connectivity index (χ1) is 6.31. The zero-order valence-electron chi connectivity index (χ0n) is 7.48. The average Bonchev–Trinajstić information content (AvgIpc) is 2.01. The van der Waals surface area contributed by atoms with Gasteiger partial charge in [-0.25, -0.2) is 4.57 Å². The Morgan fingerprint density at radius 2 is 1.86 bits per heavy atom. The number of phosphoric acid groups is 1. The second-order valence-electron chi connectivity index (χ2n) is 2.18. The van der Waals surface area contributed by atoms with Crippen LogP contribution in [-0.2, 0) is 9.30 Å². The SMILES string of the molecule is C=CCOCC(O)CO.O=P(O)(O)O. The van der Waals surface area contributed by atoms with Crippen LogP contribution in [0, 0.1) is 0 Å². The molecule has 0 amide bonds. The molecule has 1 unspecified atom stereocenters. The topological polar surface area (TPSA) is 127 Å². The molecule has 0 aromatic rings. The van der Waals surface area contributed by atoms with Crippen LogP contribution >= 0.6 is 7.82 Å². The molecule has 7 nitrogen and oxygen atoms in total. The Hall–Kier alpha value is -0.270. The lowest BCUT2D eigenvalue weighted by Gasteiger charge is -2.04. The number of hydrogen-bond acceptors (Lipinski definition) is 4. The molecule has 86 valence electrons. The summed E-state index contributed by atoms with van der Waals surface area (Å²) < 4.78 is 13.7. The van der Waals surface area contributed by atoms with Crippen molar-refractivity contribution in [3.05, 3.63) is 12.7 Å². The molecule has 14 heavy (non-hydrogen) atoms. The molecule has 0 radical (unpaired) electrons. The summed E-state index contributed by atoms with van der Waals surface area (Å²) in [5.41, 5.74) is 0. The van der Waals surface area contributed by atoms with Crippen molar-refractivity contribution in [3.63, 3.8) is 0 Å². The normalized spacial score (nSPS) is 12.6. The highest BCUT2D eigenvalue weighted by Gasteiger charge is 2.00. The number of hydrogen-bond donors (Lipinski definition) is 5. The van der Waals surface area contributed by atoms with Crippen molar-refractivity contribution in [1.29, 1.82) is 0 Å². The molecule has 0 aliphatic carbocycles. The number of aliphatic hydroxyl groups is 2. The van der Waals surface area contributed by atoms with E-state index < -0.39 is 13.9 Å². The maximum atomic E-state index is 8.88. The lowest BCUT2D eigenvalue weighted by Crippen LogP contribution is -2.19. The molecule has 0 aromatic carbocycles. The molecular formula is C6H15O7P.